The highest BCUT2D eigenvalue weighted by Crippen LogP contribution is 2.33. The van der Waals surface area contributed by atoms with Crippen LogP contribution in [0.4, 0.5) is 4.39 Å². The minimum absolute atomic E-state index is 0.205. The molecule has 0 aliphatic carbocycles. The van der Waals surface area contributed by atoms with Gasteiger partial charge in [0.2, 0.25) is 0 Å². The first-order chi connectivity index (χ1) is 10.3. The Morgan fingerprint density at radius 2 is 1.67 bits per heavy atom. The number of likely N-dealkylation sites (N-methyl/N-ethyl adjacent to an activating group) is 1. The van der Waals surface area contributed by atoms with E-state index in [4.69, 9.17) is 4.74 Å². The second-order valence-electron chi connectivity index (χ2n) is 4.84. The first kappa shape index (κ1) is 15.7. The molecule has 0 aliphatic heterocycles. The first-order valence-electron chi connectivity index (χ1n) is 7.42. The van der Waals surface area contributed by atoms with Crippen LogP contribution in [0.1, 0.15) is 37.1 Å². The van der Waals surface area contributed by atoms with E-state index in [2.05, 4.69) is 5.32 Å². The molecular formula is C18H22FNO. The zero-order valence-corrected chi connectivity index (χ0v) is 12.6. The topological polar surface area (TPSA) is 21.3 Å². The number of rotatable bonds is 7. The largest absolute Gasteiger partial charge is 0.372 e. The Hall–Kier alpha value is -1.71. The monoisotopic (exact) mass is 287 g/mol. The molecule has 0 heterocycles. The Balaban J connectivity index is 2.40. The number of benzene rings is 2. The fourth-order valence-corrected chi connectivity index (χ4v) is 2.53. The van der Waals surface area contributed by atoms with Crippen molar-refractivity contribution in [2.75, 3.05) is 13.2 Å². The van der Waals surface area contributed by atoms with Crippen LogP contribution in [0.5, 0.6) is 0 Å². The van der Waals surface area contributed by atoms with Crippen molar-refractivity contribution in [1.29, 1.82) is 0 Å². The Morgan fingerprint density at radius 1 is 1.00 bits per heavy atom. The maximum atomic E-state index is 14.2. The van der Waals surface area contributed by atoms with Crippen molar-refractivity contribution in [2.45, 2.75) is 26.0 Å². The van der Waals surface area contributed by atoms with E-state index in [1.165, 1.54) is 6.07 Å². The van der Waals surface area contributed by atoms with Crippen molar-refractivity contribution in [3.8, 4) is 0 Å². The molecule has 21 heavy (non-hydrogen) atoms. The molecule has 2 nitrogen and oxygen atoms in total. The predicted octanol–water partition coefficient (Wildman–Crippen LogP) is 4.25. The zero-order chi connectivity index (χ0) is 15.1. The average Bonchev–Trinajstić information content (AvgIpc) is 2.52. The van der Waals surface area contributed by atoms with Crippen LogP contribution in [0.15, 0.2) is 54.6 Å². The highest BCUT2D eigenvalue weighted by molar-refractivity contribution is 5.27. The van der Waals surface area contributed by atoms with Gasteiger partial charge in [-0.25, -0.2) is 4.39 Å². The van der Waals surface area contributed by atoms with Crippen LogP contribution >= 0.6 is 0 Å². The number of hydrogen-bond donors (Lipinski definition) is 1. The molecule has 0 bridgehead atoms. The van der Waals surface area contributed by atoms with Gasteiger partial charge in [0, 0.05) is 12.2 Å². The number of halogens is 1. The van der Waals surface area contributed by atoms with Crippen LogP contribution in [0, 0.1) is 5.82 Å². The highest BCUT2D eigenvalue weighted by atomic mass is 19.1. The van der Waals surface area contributed by atoms with Crippen LogP contribution in [0.2, 0.25) is 0 Å². The lowest BCUT2D eigenvalue weighted by Crippen LogP contribution is -2.29. The number of hydrogen-bond acceptors (Lipinski definition) is 2. The predicted molar refractivity (Wildman–Crippen MR) is 83.6 cm³/mol. The third kappa shape index (κ3) is 3.90. The van der Waals surface area contributed by atoms with E-state index >= 15 is 0 Å². The van der Waals surface area contributed by atoms with E-state index < -0.39 is 0 Å². The molecular weight excluding hydrogens is 265 g/mol. The molecule has 0 saturated carbocycles. The molecule has 0 aliphatic rings. The molecule has 1 N–H and O–H groups in total. The van der Waals surface area contributed by atoms with Crippen molar-refractivity contribution in [2.24, 2.45) is 0 Å². The maximum Gasteiger partial charge on any atom is 0.128 e. The molecule has 0 aromatic heterocycles. The van der Waals surface area contributed by atoms with Crippen LogP contribution in [-0.4, -0.2) is 13.2 Å². The number of nitrogens with one attached hydrogen (secondary N) is 1. The Morgan fingerprint density at radius 3 is 2.29 bits per heavy atom. The number of ether oxygens (including phenoxy) is 1. The molecule has 3 heteroatoms. The second kappa shape index (κ2) is 7.91. The molecule has 0 spiro atoms. The molecule has 2 rings (SSSR count). The van der Waals surface area contributed by atoms with Gasteiger partial charge in [-0.2, -0.15) is 0 Å². The molecule has 0 saturated heterocycles. The highest BCUT2D eigenvalue weighted by Gasteiger charge is 2.26. The molecule has 0 radical (unpaired) electrons. The molecule has 2 atom stereocenters. The third-order valence-corrected chi connectivity index (χ3v) is 3.44. The van der Waals surface area contributed by atoms with Crippen LogP contribution in [0.25, 0.3) is 0 Å². The Labute approximate surface area is 126 Å². The summed E-state index contributed by atoms with van der Waals surface area (Å²) < 4.78 is 20.1. The lowest BCUT2D eigenvalue weighted by molar-refractivity contribution is 0.0322. The summed E-state index contributed by atoms with van der Waals surface area (Å²) in [5.74, 6) is -0.205. The quantitative estimate of drug-likeness (QED) is 0.822. The van der Waals surface area contributed by atoms with E-state index in [9.17, 15) is 4.39 Å². The van der Waals surface area contributed by atoms with Gasteiger partial charge >= 0.3 is 0 Å². The van der Waals surface area contributed by atoms with E-state index in [1.54, 1.807) is 6.07 Å². The summed E-state index contributed by atoms with van der Waals surface area (Å²) in [6.45, 7) is 5.30. The molecule has 0 amide bonds. The smallest absolute Gasteiger partial charge is 0.128 e. The minimum atomic E-state index is -0.215. The van der Waals surface area contributed by atoms with Crippen molar-refractivity contribution < 1.29 is 9.13 Å². The summed E-state index contributed by atoms with van der Waals surface area (Å²) >= 11 is 0. The van der Waals surface area contributed by atoms with Gasteiger partial charge in [-0.15, -0.1) is 0 Å². The normalized spacial score (nSPS) is 13.9. The fourth-order valence-electron chi connectivity index (χ4n) is 2.53. The van der Waals surface area contributed by atoms with E-state index in [0.29, 0.717) is 12.2 Å². The van der Waals surface area contributed by atoms with Crippen LogP contribution < -0.4 is 5.32 Å². The van der Waals surface area contributed by atoms with E-state index in [1.807, 2.05) is 56.3 Å². The molecule has 2 unspecified atom stereocenters. The fraction of sp³-hybridized carbons (Fsp3) is 0.333. The summed E-state index contributed by atoms with van der Waals surface area (Å²) in [7, 11) is 0. The first-order valence-corrected chi connectivity index (χ1v) is 7.42. The van der Waals surface area contributed by atoms with Gasteiger partial charge in [0.1, 0.15) is 11.9 Å². The van der Waals surface area contributed by atoms with Crippen molar-refractivity contribution in [3.05, 3.63) is 71.5 Å². The molecule has 0 fully saturated rings. The van der Waals surface area contributed by atoms with Crippen molar-refractivity contribution >= 4 is 0 Å². The maximum absolute atomic E-state index is 14.2. The third-order valence-electron chi connectivity index (χ3n) is 3.44. The summed E-state index contributed by atoms with van der Waals surface area (Å²) in [5, 5.41) is 3.36. The lowest BCUT2D eigenvalue weighted by Gasteiger charge is -2.29. The van der Waals surface area contributed by atoms with E-state index in [0.717, 1.165) is 12.1 Å². The van der Waals surface area contributed by atoms with Crippen molar-refractivity contribution in [3.63, 3.8) is 0 Å². The minimum Gasteiger partial charge on any atom is -0.372 e. The van der Waals surface area contributed by atoms with Gasteiger partial charge in [-0.1, -0.05) is 55.5 Å². The lowest BCUT2D eigenvalue weighted by atomic mass is 9.95. The standard InChI is InChI=1S/C18H22FNO/c1-3-20-17(15-12-8-9-13-16(15)19)18(21-4-2)14-10-6-5-7-11-14/h5-13,17-18,20H,3-4H2,1-2H3. The van der Waals surface area contributed by atoms with Gasteiger partial charge in [0.15, 0.2) is 0 Å². The Bertz CT molecular complexity index is 544. The van der Waals surface area contributed by atoms with Gasteiger partial charge in [-0.05, 0) is 25.1 Å². The second-order valence-corrected chi connectivity index (χ2v) is 4.84. The van der Waals surface area contributed by atoms with Gasteiger partial charge in [0.25, 0.3) is 0 Å². The average molecular weight is 287 g/mol. The molecule has 2 aromatic carbocycles. The summed E-state index contributed by atoms with van der Waals surface area (Å²) in [4.78, 5) is 0. The summed E-state index contributed by atoms with van der Waals surface area (Å²) in [6.07, 6.45) is -0.215. The Kier molecular flexibility index (Phi) is 5.90. The van der Waals surface area contributed by atoms with Crippen LogP contribution in [-0.2, 0) is 4.74 Å². The SMILES string of the molecule is CCNC(c1ccccc1F)C(OCC)c1ccccc1. The molecule has 112 valence electrons. The van der Waals surface area contributed by atoms with Gasteiger partial charge in [-0.3, -0.25) is 0 Å². The summed E-state index contributed by atoms with van der Waals surface area (Å²) in [5.41, 5.74) is 1.69. The molecule has 2 aromatic rings. The van der Waals surface area contributed by atoms with Gasteiger partial charge in [0.05, 0.1) is 6.04 Å². The summed E-state index contributed by atoms with van der Waals surface area (Å²) in [6, 6.07) is 16.6. The van der Waals surface area contributed by atoms with E-state index in [-0.39, 0.29) is 18.0 Å². The van der Waals surface area contributed by atoms with Gasteiger partial charge < -0.3 is 10.1 Å². The van der Waals surface area contributed by atoms with Crippen LogP contribution in [0.3, 0.4) is 0 Å². The zero-order valence-electron chi connectivity index (χ0n) is 12.6. The van der Waals surface area contributed by atoms with Crippen molar-refractivity contribution in [1.82, 2.24) is 5.32 Å².